The minimum atomic E-state index is -0.165. The van der Waals surface area contributed by atoms with Gasteiger partial charge in [0.15, 0.2) is 0 Å². The molecule has 0 bridgehead atoms. The average Bonchev–Trinajstić information content (AvgIpc) is 2.43. The maximum atomic E-state index is 12.4. The van der Waals surface area contributed by atoms with E-state index in [9.17, 15) is 4.79 Å². The molecule has 0 heterocycles. The van der Waals surface area contributed by atoms with Gasteiger partial charge in [-0.05, 0) is 66.2 Å². The lowest BCUT2D eigenvalue weighted by atomic mass is 9.49. The van der Waals surface area contributed by atoms with Crippen LogP contribution in [0.1, 0.15) is 69.2 Å². The summed E-state index contributed by atoms with van der Waals surface area (Å²) in [6, 6.07) is 4.66. The molecule has 0 aromatic heterocycles. The van der Waals surface area contributed by atoms with Crippen molar-refractivity contribution in [3.05, 3.63) is 34.4 Å². The largest absolute Gasteiger partial charge is 0.299 e. The van der Waals surface area contributed by atoms with Crippen molar-refractivity contribution in [1.82, 2.24) is 0 Å². The second kappa shape index (κ2) is 4.69. The van der Waals surface area contributed by atoms with Gasteiger partial charge in [0.2, 0.25) is 0 Å². The van der Waals surface area contributed by atoms with Crippen molar-refractivity contribution in [1.29, 1.82) is 0 Å². The topological polar surface area (TPSA) is 17.1 Å². The molecule has 0 amide bonds. The SMILES string of the molecule is CCc1c(C)ccc2c1CC[C@H]1C(C)(C)C(=O)CC[C@]21C. The molecule has 1 aromatic rings. The molecule has 21 heavy (non-hydrogen) atoms. The van der Waals surface area contributed by atoms with E-state index < -0.39 is 0 Å². The highest BCUT2D eigenvalue weighted by Crippen LogP contribution is 2.56. The third kappa shape index (κ3) is 1.93. The molecule has 1 aromatic carbocycles. The summed E-state index contributed by atoms with van der Waals surface area (Å²) in [4.78, 5) is 12.4. The number of hydrogen-bond donors (Lipinski definition) is 0. The van der Waals surface area contributed by atoms with E-state index in [2.05, 4.69) is 46.8 Å². The number of benzene rings is 1. The standard InChI is InChI=1S/C20H28O/c1-6-14-13(2)7-9-16-15(14)8-10-17-19(3,4)18(21)11-12-20(16,17)5/h7,9,17H,6,8,10-12H2,1-5H3/t17-,20+/m0/s1. The molecule has 2 aliphatic rings. The number of ketones is 1. The molecule has 2 aliphatic carbocycles. The van der Waals surface area contributed by atoms with Gasteiger partial charge in [0.25, 0.3) is 0 Å². The average molecular weight is 284 g/mol. The summed E-state index contributed by atoms with van der Waals surface area (Å²) in [7, 11) is 0. The molecule has 0 aliphatic heterocycles. The molecule has 0 radical (unpaired) electrons. The van der Waals surface area contributed by atoms with E-state index in [0.717, 1.165) is 25.7 Å². The fraction of sp³-hybridized carbons (Fsp3) is 0.650. The lowest BCUT2D eigenvalue weighted by Crippen LogP contribution is -2.52. The van der Waals surface area contributed by atoms with Gasteiger partial charge < -0.3 is 0 Å². The van der Waals surface area contributed by atoms with Crippen LogP contribution in [0.4, 0.5) is 0 Å². The Kier molecular flexibility index (Phi) is 3.31. The summed E-state index contributed by atoms with van der Waals surface area (Å²) in [5.74, 6) is 0.961. The Balaban J connectivity index is 2.17. The van der Waals surface area contributed by atoms with Crippen LogP contribution in [0.25, 0.3) is 0 Å². The number of carbonyl (C=O) groups is 1. The van der Waals surface area contributed by atoms with E-state index in [1.165, 1.54) is 12.0 Å². The summed E-state index contributed by atoms with van der Waals surface area (Å²) >= 11 is 0. The zero-order valence-electron chi connectivity index (χ0n) is 14.2. The summed E-state index contributed by atoms with van der Waals surface area (Å²) in [6.45, 7) is 11.3. The Morgan fingerprint density at radius 3 is 2.57 bits per heavy atom. The van der Waals surface area contributed by atoms with Gasteiger partial charge in [0.05, 0.1) is 0 Å². The number of aryl methyl sites for hydroxylation is 1. The predicted octanol–water partition coefficient (Wildman–Crippen LogP) is 4.77. The highest BCUT2D eigenvalue weighted by atomic mass is 16.1. The van der Waals surface area contributed by atoms with Crippen molar-refractivity contribution in [2.75, 3.05) is 0 Å². The summed E-state index contributed by atoms with van der Waals surface area (Å²) in [6.07, 6.45) is 5.21. The second-order valence-corrected chi connectivity index (χ2v) is 7.89. The molecule has 3 rings (SSSR count). The van der Waals surface area contributed by atoms with Crippen LogP contribution in [0.5, 0.6) is 0 Å². The van der Waals surface area contributed by atoms with Crippen molar-refractivity contribution in [3.63, 3.8) is 0 Å². The van der Waals surface area contributed by atoms with Gasteiger partial charge in [-0.3, -0.25) is 4.79 Å². The van der Waals surface area contributed by atoms with Crippen molar-refractivity contribution in [2.24, 2.45) is 11.3 Å². The van der Waals surface area contributed by atoms with Crippen LogP contribution in [0.15, 0.2) is 12.1 Å². The van der Waals surface area contributed by atoms with Crippen LogP contribution in [0, 0.1) is 18.3 Å². The van der Waals surface area contributed by atoms with Crippen molar-refractivity contribution >= 4 is 5.78 Å². The van der Waals surface area contributed by atoms with E-state index >= 15 is 0 Å². The van der Waals surface area contributed by atoms with Crippen LogP contribution < -0.4 is 0 Å². The van der Waals surface area contributed by atoms with E-state index in [4.69, 9.17) is 0 Å². The Bertz CT molecular complexity index is 596. The fourth-order valence-electron chi connectivity index (χ4n) is 5.27. The first-order valence-electron chi connectivity index (χ1n) is 8.47. The Hall–Kier alpha value is -1.11. The molecule has 114 valence electrons. The molecule has 1 saturated carbocycles. The number of carbonyl (C=O) groups excluding carboxylic acids is 1. The van der Waals surface area contributed by atoms with Crippen molar-refractivity contribution < 1.29 is 4.79 Å². The van der Waals surface area contributed by atoms with Gasteiger partial charge in [0.1, 0.15) is 5.78 Å². The van der Waals surface area contributed by atoms with Gasteiger partial charge >= 0.3 is 0 Å². The lowest BCUT2D eigenvalue weighted by molar-refractivity contribution is -0.137. The first-order valence-corrected chi connectivity index (χ1v) is 8.47. The third-order valence-corrected chi connectivity index (χ3v) is 6.55. The minimum Gasteiger partial charge on any atom is -0.299 e. The molecule has 2 atom stereocenters. The Morgan fingerprint density at radius 2 is 1.90 bits per heavy atom. The van der Waals surface area contributed by atoms with Gasteiger partial charge in [-0.1, -0.05) is 39.8 Å². The number of Topliss-reactive ketones (excluding diaryl/α,β-unsaturated/α-hetero) is 1. The summed E-state index contributed by atoms with van der Waals surface area (Å²) in [5, 5.41) is 0. The highest BCUT2D eigenvalue weighted by molar-refractivity contribution is 5.86. The van der Waals surface area contributed by atoms with Crippen LogP contribution in [-0.2, 0) is 23.1 Å². The number of hydrogen-bond acceptors (Lipinski definition) is 1. The van der Waals surface area contributed by atoms with Gasteiger partial charge in [0, 0.05) is 11.8 Å². The quantitative estimate of drug-likeness (QED) is 0.726. The smallest absolute Gasteiger partial charge is 0.138 e. The monoisotopic (exact) mass is 284 g/mol. The molecule has 0 spiro atoms. The maximum absolute atomic E-state index is 12.4. The summed E-state index contributed by atoms with van der Waals surface area (Å²) < 4.78 is 0. The number of fused-ring (bicyclic) bond motifs is 3. The molecular weight excluding hydrogens is 256 g/mol. The molecule has 1 nitrogen and oxygen atoms in total. The second-order valence-electron chi connectivity index (χ2n) is 7.89. The van der Waals surface area contributed by atoms with Crippen LogP contribution >= 0.6 is 0 Å². The molecule has 1 heteroatoms. The fourth-order valence-corrected chi connectivity index (χ4v) is 5.27. The van der Waals surface area contributed by atoms with Crippen molar-refractivity contribution in [3.8, 4) is 0 Å². The molecular formula is C20H28O. The van der Waals surface area contributed by atoms with Crippen molar-refractivity contribution in [2.45, 2.75) is 72.1 Å². The first kappa shape index (κ1) is 14.8. The van der Waals surface area contributed by atoms with Crippen LogP contribution in [0.3, 0.4) is 0 Å². The molecule has 1 fully saturated rings. The van der Waals surface area contributed by atoms with E-state index in [-0.39, 0.29) is 10.8 Å². The predicted molar refractivity (Wildman–Crippen MR) is 87.7 cm³/mol. The van der Waals surface area contributed by atoms with E-state index in [1.807, 2.05) is 0 Å². The van der Waals surface area contributed by atoms with Gasteiger partial charge in [-0.25, -0.2) is 0 Å². The summed E-state index contributed by atoms with van der Waals surface area (Å²) in [5.41, 5.74) is 6.15. The maximum Gasteiger partial charge on any atom is 0.138 e. The molecule has 0 unspecified atom stereocenters. The highest BCUT2D eigenvalue weighted by Gasteiger charge is 2.53. The van der Waals surface area contributed by atoms with Gasteiger partial charge in [-0.2, -0.15) is 0 Å². The molecule has 0 saturated heterocycles. The van der Waals surface area contributed by atoms with E-state index in [0.29, 0.717) is 11.7 Å². The first-order chi connectivity index (χ1) is 9.82. The minimum absolute atomic E-state index is 0.165. The van der Waals surface area contributed by atoms with E-state index in [1.54, 1.807) is 16.7 Å². The van der Waals surface area contributed by atoms with Gasteiger partial charge in [-0.15, -0.1) is 0 Å². The molecule has 0 N–H and O–H groups in total. The van der Waals surface area contributed by atoms with Crippen LogP contribution in [-0.4, -0.2) is 5.78 Å². The normalized spacial score (nSPS) is 30.7. The lowest BCUT2D eigenvalue weighted by Gasteiger charge is -2.53. The Labute approximate surface area is 129 Å². The third-order valence-electron chi connectivity index (χ3n) is 6.55. The van der Waals surface area contributed by atoms with Crippen LogP contribution in [0.2, 0.25) is 0 Å². The Morgan fingerprint density at radius 1 is 1.19 bits per heavy atom. The zero-order chi connectivity index (χ0) is 15.4. The zero-order valence-corrected chi connectivity index (χ0v) is 14.2. The number of rotatable bonds is 1.